The summed E-state index contributed by atoms with van der Waals surface area (Å²) in [6, 6.07) is 17.4. The maximum absolute atomic E-state index is 6.38. The van der Waals surface area contributed by atoms with Crippen LogP contribution in [0, 0.1) is 0 Å². The van der Waals surface area contributed by atoms with Crippen LogP contribution in [0.3, 0.4) is 0 Å². The van der Waals surface area contributed by atoms with Gasteiger partial charge in [0.2, 0.25) is 0 Å². The van der Waals surface area contributed by atoms with Gasteiger partial charge in [0, 0.05) is 10.5 Å². The molecule has 3 rings (SSSR count). The summed E-state index contributed by atoms with van der Waals surface area (Å²) in [5, 5.41) is 0. The van der Waals surface area contributed by atoms with Crippen molar-refractivity contribution in [2.24, 2.45) is 5.73 Å². The molecule has 0 bridgehead atoms. The molecule has 1 aliphatic carbocycles. The Bertz CT molecular complexity index is 572. The van der Waals surface area contributed by atoms with E-state index in [0.29, 0.717) is 0 Å². The summed E-state index contributed by atoms with van der Waals surface area (Å²) in [7, 11) is 0. The molecule has 2 aromatic carbocycles. The van der Waals surface area contributed by atoms with Crippen LogP contribution in [0.15, 0.2) is 53.0 Å². The van der Waals surface area contributed by atoms with Crippen molar-refractivity contribution in [1.29, 1.82) is 0 Å². The minimum absolute atomic E-state index is 0.0798. The standard InChI is InChI=1S/C18H20BrN/c19-17-9-7-13(8-10-17)11-18(20)16-6-2-5-15(12-16)14-3-1-4-14/h2,5-10,12,14,18H,1,3-4,11,20H2. The third-order valence-corrected chi connectivity index (χ3v) is 4.81. The predicted octanol–water partition coefficient (Wildman–Crippen LogP) is 4.96. The van der Waals surface area contributed by atoms with Crippen LogP contribution >= 0.6 is 15.9 Å². The summed E-state index contributed by atoms with van der Waals surface area (Å²) in [6.45, 7) is 0. The number of hydrogen-bond acceptors (Lipinski definition) is 1. The molecule has 1 nitrogen and oxygen atoms in total. The molecule has 0 aliphatic heterocycles. The molecule has 1 aliphatic rings. The van der Waals surface area contributed by atoms with E-state index in [1.807, 2.05) is 0 Å². The highest BCUT2D eigenvalue weighted by molar-refractivity contribution is 9.10. The van der Waals surface area contributed by atoms with Crippen molar-refractivity contribution >= 4 is 15.9 Å². The van der Waals surface area contributed by atoms with Gasteiger partial charge in [-0.25, -0.2) is 0 Å². The normalized spacial score (nSPS) is 16.7. The van der Waals surface area contributed by atoms with E-state index in [-0.39, 0.29) is 6.04 Å². The molecule has 1 saturated carbocycles. The van der Waals surface area contributed by atoms with E-state index in [1.165, 1.54) is 36.0 Å². The van der Waals surface area contributed by atoms with Crippen LogP contribution in [-0.2, 0) is 6.42 Å². The molecule has 0 radical (unpaired) electrons. The summed E-state index contributed by atoms with van der Waals surface area (Å²) < 4.78 is 1.11. The Morgan fingerprint density at radius 3 is 2.50 bits per heavy atom. The molecule has 0 heterocycles. The molecule has 1 fully saturated rings. The summed E-state index contributed by atoms with van der Waals surface area (Å²) >= 11 is 3.47. The Morgan fingerprint density at radius 1 is 1.10 bits per heavy atom. The molecule has 20 heavy (non-hydrogen) atoms. The first kappa shape index (κ1) is 13.8. The highest BCUT2D eigenvalue weighted by Gasteiger charge is 2.20. The number of halogens is 1. The first-order chi connectivity index (χ1) is 9.72. The van der Waals surface area contributed by atoms with Gasteiger partial charge in [-0.05, 0) is 54.0 Å². The van der Waals surface area contributed by atoms with Gasteiger partial charge in [0.05, 0.1) is 0 Å². The number of hydrogen-bond donors (Lipinski definition) is 1. The van der Waals surface area contributed by atoms with Gasteiger partial charge >= 0.3 is 0 Å². The monoisotopic (exact) mass is 329 g/mol. The summed E-state index contributed by atoms with van der Waals surface area (Å²) in [5.41, 5.74) is 10.4. The van der Waals surface area contributed by atoms with Crippen molar-refractivity contribution in [2.75, 3.05) is 0 Å². The first-order valence-electron chi connectivity index (χ1n) is 7.32. The van der Waals surface area contributed by atoms with Crippen LogP contribution in [0.1, 0.15) is 47.9 Å². The number of rotatable bonds is 4. The van der Waals surface area contributed by atoms with Gasteiger partial charge < -0.3 is 5.73 Å². The third kappa shape index (κ3) is 3.13. The lowest BCUT2D eigenvalue weighted by molar-refractivity contribution is 0.419. The van der Waals surface area contributed by atoms with Gasteiger partial charge in [-0.15, -0.1) is 0 Å². The minimum atomic E-state index is 0.0798. The third-order valence-electron chi connectivity index (χ3n) is 4.28. The molecule has 1 unspecified atom stereocenters. The van der Waals surface area contributed by atoms with Gasteiger partial charge in [0.1, 0.15) is 0 Å². The molecule has 0 aromatic heterocycles. The molecule has 0 spiro atoms. The van der Waals surface area contributed by atoms with E-state index < -0.39 is 0 Å². The predicted molar refractivity (Wildman–Crippen MR) is 87.8 cm³/mol. The van der Waals surface area contributed by atoms with Gasteiger partial charge in [0.15, 0.2) is 0 Å². The van der Waals surface area contributed by atoms with E-state index in [0.717, 1.165) is 16.8 Å². The van der Waals surface area contributed by atoms with Crippen molar-refractivity contribution in [3.63, 3.8) is 0 Å². The largest absolute Gasteiger partial charge is 0.324 e. The summed E-state index contributed by atoms with van der Waals surface area (Å²) in [4.78, 5) is 0. The van der Waals surface area contributed by atoms with Crippen molar-refractivity contribution in [3.8, 4) is 0 Å². The van der Waals surface area contributed by atoms with Gasteiger partial charge in [-0.3, -0.25) is 0 Å². The van der Waals surface area contributed by atoms with Crippen molar-refractivity contribution in [2.45, 2.75) is 37.6 Å². The fraction of sp³-hybridized carbons (Fsp3) is 0.333. The number of benzene rings is 2. The Hall–Kier alpha value is -1.12. The van der Waals surface area contributed by atoms with E-state index in [1.54, 1.807) is 0 Å². The Morgan fingerprint density at radius 2 is 1.85 bits per heavy atom. The lowest BCUT2D eigenvalue weighted by Gasteiger charge is -2.26. The average Bonchev–Trinajstić information content (AvgIpc) is 2.40. The van der Waals surface area contributed by atoms with Crippen LogP contribution < -0.4 is 5.73 Å². The highest BCUT2D eigenvalue weighted by Crippen LogP contribution is 2.37. The maximum Gasteiger partial charge on any atom is 0.0335 e. The van der Waals surface area contributed by atoms with Gasteiger partial charge in [-0.2, -0.15) is 0 Å². The lowest BCUT2D eigenvalue weighted by atomic mass is 9.79. The fourth-order valence-electron chi connectivity index (χ4n) is 2.78. The molecular formula is C18H20BrN. The molecular weight excluding hydrogens is 310 g/mol. The Labute approximate surface area is 129 Å². The van der Waals surface area contributed by atoms with Crippen molar-refractivity contribution < 1.29 is 0 Å². The summed E-state index contributed by atoms with van der Waals surface area (Å²) in [6.07, 6.45) is 4.94. The number of nitrogens with two attached hydrogens (primary N) is 1. The van der Waals surface area contributed by atoms with Crippen LogP contribution in [0.5, 0.6) is 0 Å². The van der Waals surface area contributed by atoms with Crippen molar-refractivity contribution in [1.82, 2.24) is 0 Å². The first-order valence-corrected chi connectivity index (χ1v) is 8.11. The quantitative estimate of drug-likeness (QED) is 0.842. The molecule has 2 N–H and O–H groups in total. The SMILES string of the molecule is NC(Cc1ccc(Br)cc1)c1cccc(C2CCC2)c1. The molecule has 0 amide bonds. The molecule has 1 atom stereocenters. The molecule has 0 saturated heterocycles. The molecule has 2 aromatic rings. The smallest absolute Gasteiger partial charge is 0.0335 e. The van der Waals surface area contributed by atoms with E-state index >= 15 is 0 Å². The van der Waals surface area contributed by atoms with E-state index in [2.05, 4.69) is 64.5 Å². The molecule has 104 valence electrons. The second kappa shape index (κ2) is 6.11. The van der Waals surface area contributed by atoms with Gasteiger partial charge in [-0.1, -0.05) is 58.7 Å². The zero-order valence-corrected chi connectivity index (χ0v) is 13.1. The van der Waals surface area contributed by atoms with Crippen LogP contribution in [0.4, 0.5) is 0 Å². The second-order valence-corrected chi connectivity index (χ2v) is 6.65. The Kier molecular flexibility index (Phi) is 4.23. The van der Waals surface area contributed by atoms with Crippen LogP contribution in [-0.4, -0.2) is 0 Å². The topological polar surface area (TPSA) is 26.0 Å². The zero-order chi connectivity index (χ0) is 13.9. The summed E-state index contributed by atoms with van der Waals surface area (Å²) in [5.74, 6) is 0.773. The fourth-order valence-corrected chi connectivity index (χ4v) is 3.04. The minimum Gasteiger partial charge on any atom is -0.324 e. The Balaban J connectivity index is 1.72. The zero-order valence-electron chi connectivity index (χ0n) is 11.6. The lowest BCUT2D eigenvalue weighted by Crippen LogP contribution is -2.15. The van der Waals surface area contributed by atoms with E-state index in [4.69, 9.17) is 5.73 Å². The average molecular weight is 330 g/mol. The molecule has 2 heteroatoms. The van der Waals surface area contributed by atoms with E-state index in [9.17, 15) is 0 Å². The van der Waals surface area contributed by atoms with Crippen LogP contribution in [0.25, 0.3) is 0 Å². The van der Waals surface area contributed by atoms with Crippen molar-refractivity contribution in [3.05, 3.63) is 69.7 Å². The van der Waals surface area contributed by atoms with Gasteiger partial charge in [0.25, 0.3) is 0 Å². The second-order valence-electron chi connectivity index (χ2n) is 5.74. The van der Waals surface area contributed by atoms with Crippen LogP contribution in [0.2, 0.25) is 0 Å². The highest BCUT2D eigenvalue weighted by atomic mass is 79.9. The maximum atomic E-state index is 6.38.